The highest BCUT2D eigenvalue weighted by Crippen LogP contribution is 2.47. The molecule has 2 aliphatic heterocycles. The average Bonchev–Trinajstić information content (AvgIpc) is 3.03. The van der Waals surface area contributed by atoms with E-state index in [9.17, 15) is 9.59 Å². The summed E-state index contributed by atoms with van der Waals surface area (Å²) < 4.78 is 10.1. The Morgan fingerprint density at radius 3 is 2.36 bits per heavy atom. The number of fused-ring (bicyclic) bond motifs is 2. The second-order valence-corrected chi connectivity index (χ2v) is 6.96. The maximum absolute atomic E-state index is 12.1. The van der Waals surface area contributed by atoms with Crippen molar-refractivity contribution in [1.29, 1.82) is 0 Å². The van der Waals surface area contributed by atoms with E-state index in [4.69, 9.17) is 9.47 Å². The zero-order valence-electron chi connectivity index (χ0n) is 13.5. The van der Waals surface area contributed by atoms with Crippen LogP contribution in [0.15, 0.2) is 58.3 Å². The van der Waals surface area contributed by atoms with E-state index in [-0.39, 0.29) is 12.4 Å². The quantitative estimate of drug-likeness (QED) is 0.782. The predicted molar refractivity (Wildman–Crippen MR) is 94.1 cm³/mol. The molecule has 1 atom stereocenters. The van der Waals surface area contributed by atoms with Crippen molar-refractivity contribution in [1.82, 2.24) is 0 Å². The average molecular weight is 355 g/mol. The molecule has 0 aliphatic carbocycles. The SMILES string of the molecule is O=C(CCN1c2ccccc2Sc2ccccc21)O[C@@H]1CCOC1=O. The van der Waals surface area contributed by atoms with Gasteiger partial charge in [0, 0.05) is 22.8 Å². The Hall–Kier alpha value is -2.47. The van der Waals surface area contributed by atoms with Crippen LogP contribution in [0.3, 0.4) is 0 Å². The summed E-state index contributed by atoms with van der Waals surface area (Å²) in [4.78, 5) is 28.0. The fourth-order valence-corrected chi connectivity index (χ4v) is 4.12. The van der Waals surface area contributed by atoms with Gasteiger partial charge in [-0.25, -0.2) is 4.79 Å². The Balaban J connectivity index is 1.50. The number of esters is 2. The number of rotatable bonds is 4. The summed E-state index contributed by atoms with van der Waals surface area (Å²) in [6.07, 6.45) is -0.0998. The first kappa shape index (κ1) is 16.0. The lowest BCUT2D eigenvalue weighted by molar-refractivity contribution is -0.160. The third kappa shape index (κ3) is 3.22. The zero-order valence-corrected chi connectivity index (χ0v) is 14.3. The van der Waals surface area contributed by atoms with Crippen LogP contribution in [0.25, 0.3) is 0 Å². The molecule has 0 bridgehead atoms. The molecular weight excluding hydrogens is 338 g/mol. The van der Waals surface area contributed by atoms with E-state index in [0.29, 0.717) is 19.6 Å². The van der Waals surface area contributed by atoms with Crippen molar-refractivity contribution < 1.29 is 19.1 Å². The lowest BCUT2D eigenvalue weighted by Gasteiger charge is -2.32. The predicted octanol–water partition coefficient (Wildman–Crippen LogP) is 3.54. The van der Waals surface area contributed by atoms with E-state index in [2.05, 4.69) is 29.2 Å². The molecule has 2 aromatic carbocycles. The number of carbonyl (C=O) groups is 2. The molecule has 6 heteroatoms. The third-order valence-electron chi connectivity index (χ3n) is 4.23. The minimum atomic E-state index is -0.746. The van der Waals surface area contributed by atoms with E-state index >= 15 is 0 Å². The first-order valence-corrected chi connectivity index (χ1v) is 9.03. The summed E-state index contributed by atoms with van der Waals surface area (Å²) in [5, 5.41) is 0. The van der Waals surface area contributed by atoms with E-state index in [1.807, 2.05) is 24.3 Å². The molecule has 0 unspecified atom stereocenters. The highest BCUT2D eigenvalue weighted by atomic mass is 32.2. The highest BCUT2D eigenvalue weighted by molar-refractivity contribution is 7.99. The molecule has 2 aliphatic rings. The number of hydrogen-bond acceptors (Lipinski definition) is 6. The molecule has 5 nitrogen and oxygen atoms in total. The Labute approximate surface area is 149 Å². The summed E-state index contributed by atoms with van der Waals surface area (Å²) in [5.74, 6) is -0.824. The number of anilines is 2. The monoisotopic (exact) mass is 355 g/mol. The fourth-order valence-electron chi connectivity index (χ4n) is 3.03. The van der Waals surface area contributed by atoms with Crippen LogP contribution in [0.5, 0.6) is 0 Å². The number of ether oxygens (including phenoxy) is 2. The van der Waals surface area contributed by atoms with E-state index in [1.54, 1.807) is 11.8 Å². The maximum Gasteiger partial charge on any atom is 0.347 e. The van der Waals surface area contributed by atoms with Gasteiger partial charge in [0.15, 0.2) is 0 Å². The molecule has 4 rings (SSSR count). The summed E-state index contributed by atoms with van der Waals surface area (Å²) in [7, 11) is 0. The van der Waals surface area contributed by atoms with Gasteiger partial charge in [-0.3, -0.25) is 4.79 Å². The van der Waals surface area contributed by atoms with Crippen LogP contribution < -0.4 is 4.90 Å². The molecule has 0 amide bonds. The Kier molecular flexibility index (Phi) is 4.36. The first-order chi connectivity index (χ1) is 12.2. The number of cyclic esters (lactones) is 1. The van der Waals surface area contributed by atoms with Crippen LogP contribution in [-0.2, 0) is 19.1 Å². The number of hydrogen-bond donors (Lipinski definition) is 0. The van der Waals surface area contributed by atoms with Crippen molar-refractivity contribution in [2.75, 3.05) is 18.1 Å². The molecule has 0 aromatic heterocycles. The fraction of sp³-hybridized carbons (Fsp3) is 0.263. The molecule has 0 radical (unpaired) electrons. The van der Waals surface area contributed by atoms with Gasteiger partial charge in [0.2, 0.25) is 6.10 Å². The topological polar surface area (TPSA) is 55.8 Å². The molecule has 0 spiro atoms. The van der Waals surface area contributed by atoms with E-state index in [1.165, 1.54) is 0 Å². The van der Waals surface area contributed by atoms with E-state index < -0.39 is 12.1 Å². The standard InChI is InChI=1S/C19H17NO4S/c21-18(24-15-10-12-23-19(15)22)9-11-20-13-5-1-3-7-16(13)25-17-8-4-2-6-14(17)20/h1-8,15H,9-12H2/t15-/m1/s1. The van der Waals surface area contributed by atoms with Gasteiger partial charge in [-0.2, -0.15) is 0 Å². The minimum absolute atomic E-state index is 0.205. The summed E-state index contributed by atoms with van der Waals surface area (Å²) in [5.41, 5.74) is 2.17. The number of benzene rings is 2. The number of carbonyl (C=O) groups excluding carboxylic acids is 2. The van der Waals surface area contributed by atoms with Crippen molar-refractivity contribution in [2.24, 2.45) is 0 Å². The van der Waals surface area contributed by atoms with Gasteiger partial charge in [0.1, 0.15) is 0 Å². The van der Waals surface area contributed by atoms with Crippen LogP contribution in [0.1, 0.15) is 12.8 Å². The molecule has 25 heavy (non-hydrogen) atoms. The lowest BCUT2D eigenvalue weighted by atomic mass is 10.2. The van der Waals surface area contributed by atoms with Crippen LogP contribution >= 0.6 is 11.8 Å². The Morgan fingerprint density at radius 1 is 1.12 bits per heavy atom. The zero-order chi connectivity index (χ0) is 17.2. The van der Waals surface area contributed by atoms with Gasteiger partial charge in [0.05, 0.1) is 24.4 Å². The second kappa shape index (κ2) is 6.80. The van der Waals surface area contributed by atoms with Crippen molar-refractivity contribution in [3.8, 4) is 0 Å². The molecule has 1 saturated heterocycles. The summed E-state index contributed by atoms with van der Waals surface area (Å²) in [6, 6.07) is 16.3. The normalized spacial score (nSPS) is 18.3. The van der Waals surface area contributed by atoms with Gasteiger partial charge in [-0.1, -0.05) is 36.0 Å². The largest absolute Gasteiger partial charge is 0.463 e. The molecule has 0 N–H and O–H groups in total. The molecule has 128 valence electrons. The highest BCUT2D eigenvalue weighted by Gasteiger charge is 2.30. The van der Waals surface area contributed by atoms with Crippen molar-refractivity contribution >= 4 is 35.1 Å². The maximum atomic E-state index is 12.1. The van der Waals surface area contributed by atoms with Crippen molar-refractivity contribution in [3.05, 3.63) is 48.5 Å². The molecular formula is C19H17NO4S. The Bertz CT molecular complexity index is 777. The second-order valence-electron chi connectivity index (χ2n) is 5.87. The van der Waals surface area contributed by atoms with Crippen LogP contribution in [0, 0.1) is 0 Å². The number of nitrogens with zero attached hydrogens (tertiary/aromatic N) is 1. The first-order valence-electron chi connectivity index (χ1n) is 8.22. The third-order valence-corrected chi connectivity index (χ3v) is 5.36. The van der Waals surface area contributed by atoms with Gasteiger partial charge in [0.25, 0.3) is 0 Å². The smallest absolute Gasteiger partial charge is 0.347 e. The van der Waals surface area contributed by atoms with E-state index in [0.717, 1.165) is 21.2 Å². The van der Waals surface area contributed by atoms with Crippen molar-refractivity contribution in [2.45, 2.75) is 28.7 Å². The molecule has 2 heterocycles. The van der Waals surface area contributed by atoms with Gasteiger partial charge in [-0.05, 0) is 24.3 Å². The molecule has 2 aromatic rings. The summed E-state index contributed by atoms with van der Waals surface area (Å²) in [6.45, 7) is 0.816. The number of para-hydroxylation sites is 2. The molecule has 1 fully saturated rings. The van der Waals surface area contributed by atoms with Crippen LogP contribution in [0.4, 0.5) is 11.4 Å². The van der Waals surface area contributed by atoms with Gasteiger partial charge < -0.3 is 14.4 Å². The van der Waals surface area contributed by atoms with Crippen LogP contribution in [0.2, 0.25) is 0 Å². The van der Waals surface area contributed by atoms with Gasteiger partial charge >= 0.3 is 11.9 Å². The minimum Gasteiger partial charge on any atom is -0.463 e. The lowest BCUT2D eigenvalue weighted by Crippen LogP contribution is -2.27. The summed E-state index contributed by atoms with van der Waals surface area (Å²) >= 11 is 1.73. The van der Waals surface area contributed by atoms with Gasteiger partial charge in [-0.15, -0.1) is 0 Å². The Morgan fingerprint density at radius 2 is 1.76 bits per heavy atom. The van der Waals surface area contributed by atoms with Crippen molar-refractivity contribution in [3.63, 3.8) is 0 Å². The molecule has 0 saturated carbocycles. The van der Waals surface area contributed by atoms with Crippen LogP contribution in [-0.4, -0.2) is 31.2 Å².